The van der Waals surface area contributed by atoms with Crippen molar-refractivity contribution in [1.82, 2.24) is 0 Å². The maximum absolute atomic E-state index is 12.1. The molecule has 0 amide bonds. The fraction of sp³-hybridized carbons (Fsp3) is 0.500. The van der Waals surface area contributed by atoms with Crippen molar-refractivity contribution in [2.45, 2.75) is 56.4 Å². The molecule has 20 heavy (non-hydrogen) atoms. The van der Waals surface area contributed by atoms with Crippen LogP contribution in [0.25, 0.3) is 0 Å². The van der Waals surface area contributed by atoms with Gasteiger partial charge in [-0.25, -0.2) is 4.21 Å². The first-order valence-corrected chi connectivity index (χ1v) is 9.45. The molecule has 0 aromatic heterocycles. The van der Waals surface area contributed by atoms with E-state index < -0.39 is 16.9 Å². The standard InChI is InChI=1S/C16H23IO2S/c1-2-3-4-5-9-12-16(18)15(17)13-20(19)14-10-7-6-8-11-14/h6-8,10-11,13,16,18H,2-5,9,12H2,1H3/b15-13+. The summed E-state index contributed by atoms with van der Waals surface area (Å²) in [6.45, 7) is 2.19. The van der Waals surface area contributed by atoms with E-state index in [1.165, 1.54) is 19.3 Å². The Morgan fingerprint density at radius 3 is 2.55 bits per heavy atom. The van der Waals surface area contributed by atoms with Crippen LogP contribution in [0.15, 0.2) is 44.2 Å². The van der Waals surface area contributed by atoms with E-state index in [2.05, 4.69) is 29.5 Å². The molecule has 0 radical (unpaired) electrons. The second-order valence-corrected chi connectivity index (χ2v) is 7.38. The predicted octanol–water partition coefficient (Wildman–Crippen LogP) is 4.79. The zero-order valence-corrected chi connectivity index (χ0v) is 14.9. The molecule has 0 aliphatic heterocycles. The van der Waals surface area contributed by atoms with E-state index in [0.29, 0.717) is 0 Å². The van der Waals surface area contributed by atoms with Gasteiger partial charge in [0.1, 0.15) is 0 Å². The maximum atomic E-state index is 12.1. The zero-order chi connectivity index (χ0) is 14.8. The topological polar surface area (TPSA) is 37.3 Å². The Bertz CT molecular complexity index is 431. The van der Waals surface area contributed by atoms with Crippen LogP contribution in [0.3, 0.4) is 0 Å². The second-order valence-electron chi connectivity index (χ2n) is 4.83. The van der Waals surface area contributed by atoms with Gasteiger partial charge < -0.3 is 5.11 Å². The molecule has 0 bridgehead atoms. The summed E-state index contributed by atoms with van der Waals surface area (Å²) >= 11 is 2.10. The smallest absolute Gasteiger partial charge is 0.0852 e. The lowest BCUT2D eigenvalue weighted by molar-refractivity contribution is 0.206. The SMILES string of the molecule is CCCCCCCC(O)/C(I)=C\S(=O)c1ccccc1. The minimum absolute atomic E-state index is 0.482. The lowest BCUT2D eigenvalue weighted by Gasteiger charge is -2.09. The van der Waals surface area contributed by atoms with Crippen LogP contribution in [0.1, 0.15) is 45.4 Å². The molecule has 0 aliphatic carbocycles. The number of aliphatic hydroxyl groups excluding tert-OH is 1. The molecule has 0 saturated heterocycles. The van der Waals surface area contributed by atoms with E-state index in [9.17, 15) is 9.32 Å². The van der Waals surface area contributed by atoms with Crippen LogP contribution in [-0.4, -0.2) is 15.4 Å². The summed E-state index contributed by atoms with van der Waals surface area (Å²) in [4.78, 5) is 0.775. The summed E-state index contributed by atoms with van der Waals surface area (Å²) in [5.74, 6) is 0. The minimum atomic E-state index is -1.17. The van der Waals surface area contributed by atoms with Gasteiger partial charge in [-0.15, -0.1) is 0 Å². The number of unbranched alkanes of at least 4 members (excludes halogenated alkanes) is 4. The van der Waals surface area contributed by atoms with E-state index in [-0.39, 0.29) is 0 Å². The van der Waals surface area contributed by atoms with E-state index in [0.717, 1.165) is 27.7 Å². The van der Waals surface area contributed by atoms with Gasteiger partial charge in [0.25, 0.3) is 0 Å². The molecule has 4 heteroatoms. The number of rotatable bonds is 9. The number of benzene rings is 1. The Morgan fingerprint density at radius 2 is 1.90 bits per heavy atom. The molecule has 0 saturated carbocycles. The molecule has 0 heterocycles. The third-order valence-electron chi connectivity index (χ3n) is 3.09. The highest BCUT2D eigenvalue weighted by molar-refractivity contribution is 14.1. The maximum Gasteiger partial charge on any atom is 0.0852 e. The lowest BCUT2D eigenvalue weighted by Crippen LogP contribution is -2.07. The van der Waals surface area contributed by atoms with Crippen LogP contribution in [0, 0.1) is 0 Å². The van der Waals surface area contributed by atoms with Gasteiger partial charge in [-0.3, -0.25) is 0 Å². The number of halogens is 1. The van der Waals surface area contributed by atoms with Gasteiger partial charge in [-0.1, -0.05) is 57.2 Å². The third kappa shape index (κ3) is 6.99. The van der Waals surface area contributed by atoms with Gasteiger partial charge in [-0.2, -0.15) is 0 Å². The molecule has 2 nitrogen and oxygen atoms in total. The minimum Gasteiger partial charge on any atom is -0.388 e. The molecule has 1 rings (SSSR count). The van der Waals surface area contributed by atoms with Gasteiger partial charge >= 0.3 is 0 Å². The summed E-state index contributed by atoms with van der Waals surface area (Å²) in [5, 5.41) is 11.7. The molecule has 0 spiro atoms. The van der Waals surface area contributed by atoms with Gasteiger partial charge in [0.2, 0.25) is 0 Å². The van der Waals surface area contributed by atoms with E-state index >= 15 is 0 Å². The Balaban J connectivity index is 2.41. The van der Waals surface area contributed by atoms with E-state index in [1.54, 1.807) is 5.41 Å². The van der Waals surface area contributed by atoms with Gasteiger partial charge in [0.15, 0.2) is 0 Å². The first kappa shape index (κ1) is 17.9. The first-order valence-electron chi connectivity index (χ1n) is 7.16. The summed E-state index contributed by atoms with van der Waals surface area (Å²) in [7, 11) is -1.17. The van der Waals surface area contributed by atoms with Crippen LogP contribution in [0.2, 0.25) is 0 Å². The molecule has 2 unspecified atom stereocenters. The van der Waals surface area contributed by atoms with Crippen LogP contribution in [0.5, 0.6) is 0 Å². The molecule has 0 aliphatic rings. The highest BCUT2D eigenvalue weighted by Gasteiger charge is 2.10. The largest absolute Gasteiger partial charge is 0.388 e. The quantitative estimate of drug-likeness (QED) is 0.473. The lowest BCUT2D eigenvalue weighted by atomic mass is 10.1. The Labute approximate surface area is 138 Å². The summed E-state index contributed by atoms with van der Waals surface area (Å²) in [6, 6.07) is 9.33. The molecule has 112 valence electrons. The predicted molar refractivity (Wildman–Crippen MR) is 94.3 cm³/mol. The van der Waals surface area contributed by atoms with Crippen LogP contribution >= 0.6 is 22.6 Å². The van der Waals surface area contributed by atoms with Crippen molar-refractivity contribution in [2.24, 2.45) is 0 Å². The Hall–Kier alpha value is -0.200. The molecule has 1 aromatic rings. The van der Waals surface area contributed by atoms with Crippen molar-refractivity contribution in [2.75, 3.05) is 0 Å². The number of aliphatic hydroxyl groups is 1. The summed E-state index contributed by atoms with van der Waals surface area (Å²) in [5.41, 5.74) is 0. The molecule has 1 N–H and O–H groups in total. The third-order valence-corrected chi connectivity index (χ3v) is 5.75. The second kappa shape index (κ2) is 10.5. The zero-order valence-electron chi connectivity index (χ0n) is 11.9. The summed E-state index contributed by atoms with van der Waals surface area (Å²) < 4.78 is 12.9. The normalized spacial score (nSPS) is 15.1. The highest BCUT2D eigenvalue weighted by Crippen LogP contribution is 2.20. The van der Waals surface area contributed by atoms with Crippen molar-refractivity contribution in [3.8, 4) is 0 Å². The van der Waals surface area contributed by atoms with Gasteiger partial charge in [0.05, 0.1) is 16.9 Å². The average molecular weight is 406 g/mol. The van der Waals surface area contributed by atoms with Gasteiger partial charge in [-0.05, 0) is 41.1 Å². The van der Waals surface area contributed by atoms with Crippen LogP contribution in [-0.2, 0) is 10.8 Å². The molecule has 2 atom stereocenters. The monoisotopic (exact) mass is 406 g/mol. The number of hydrogen-bond donors (Lipinski definition) is 1. The van der Waals surface area contributed by atoms with Crippen LogP contribution < -0.4 is 0 Å². The van der Waals surface area contributed by atoms with E-state index in [4.69, 9.17) is 0 Å². The van der Waals surface area contributed by atoms with E-state index in [1.807, 2.05) is 30.3 Å². The number of hydrogen-bond acceptors (Lipinski definition) is 2. The Kier molecular flexibility index (Phi) is 9.39. The van der Waals surface area contributed by atoms with Crippen molar-refractivity contribution in [3.63, 3.8) is 0 Å². The Morgan fingerprint density at radius 1 is 1.25 bits per heavy atom. The van der Waals surface area contributed by atoms with Crippen molar-refractivity contribution in [1.29, 1.82) is 0 Å². The molecular weight excluding hydrogens is 383 g/mol. The van der Waals surface area contributed by atoms with Crippen molar-refractivity contribution < 1.29 is 9.32 Å². The van der Waals surface area contributed by atoms with Gasteiger partial charge in [0, 0.05) is 13.9 Å². The molecule has 0 fully saturated rings. The van der Waals surface area contributed by atoms with Crippen molar-refractivity contribution >= 4 is 33.4 Å². The average Bonchev–Trinajstić information content (AvgIpc) is 2.47. The highest BCUT2D eigenvalue weighted by atomic mass is 127. The van der Waals surface area contributed by atoms with Crippen LogP contribution in [0.4, 0.5) is 0 Å². The summed E-state index contributed by atoms with van der Waals surface area (Å²) in [6.07, 6.45) is 6.20. The fourth-order valence-electron chi connectivity index (χ4n) is 1.88. The first-order chi connectivity index (χ1) is 9.65. The fourth-order valence-corrected chi connectivity index (χ4v) is 3.81. The molecule has 1 aromatic carbocycles. The van der Waals surface area contributed by atoms with Crippen molar-refractivity contribution in [3.05, 3.63) is 39.3 Å². The molecular formula is C16H23IO2S.